The molecule has 0 amide bonds. The van der Waals surface area contributed by atoms with E-state index in [1.54, 1.807) is 0 Å². The number of hydrogen-bond donors (Lipinski definition) is 2. The monoisotopic (exact) mass is 190 g/mol. The Kier molecular flexibility index (Phi) is 2.49. The van der Waals surface area contributed by atoms with Gasteiger partial charge in [-0.2, -0.15) is 0 Å². The third-order valence-corrected chi connectivity index (χ3v) is 0.996. The van der Waals surface area contributed by atoms with Gasteiger partial charge in [-0.05, 0) is 0 Å². The molecule has 0 aromatic carbocycles. The minimum Gasteiger partial charge on any atom is -0.458 e. The summed E-state index contributed by atoms with van der Waals surface area (Å²) in [5, 5.41) is 16.4. The lowest BCUT2D eigenvalue weighted by molar-refractivity contribution is -0.165. The molecule has 0 atom stereocenters. The predicted octanol–water partition coefficient (Wildman–Crippen LogP) is -3.07. The zero-order chi connectivity index (χ0) is 10.0. The minimum absolute atomic E-state index is 1.31. The van der Waals surface area contributed by atoms with Crippen LogP contribution in [-0.2, 0) is 28.3 Å². The van der Waals surface area contributed by atoms with E-state index in [0.717, 1.165) is 0 Å². The van der Waals surface area contributed by atoms with E-state index < -0.39 is 31.5 Å². The van der Waals surface area contributed by atoms with Crippen LogP contribution in [0.1, 0.15) is 0 Å². The number of aliphatic hydroxyl groups is 2. The van der Waals surface area contributed by atoms with E-state index in [2.05, 4.69) is 14.0 Å². The van der Waals surface area contributed by atoms with E-state index in [1.165, 1.54) is 0 Å². The minimum atomic E-state index is -2.38. The zero-order valence-corrected chi connectivity index (χ0v) is 6.00. The van der Waals surface area contributed by atoms with Crippen LogP contribution < -0.4 is 0 Å². The fourth-order valence-corrected chi connectivity index (χ4v) is 0.499. The molecule has 70 valence electrons. The Labute approximate surface area is 71.2 Å². The van der Waals surface area contributed by atoms with Crippen LogP contribution in [0.5, 0.6) is 0 Å². The van der Waals surface area contributed by atoms with Crippen molar-refractivity contribution >= 4 is 25.2 Å². The van der Waals surface area contributed by atoms with Gasteiger partial charge >= 0.3 is 25.2 Å². The molecule has 1 fully saturated rings. The molecule has 0 bridgehead atoms. The van der Waals surface area contributed by atoms with Crippen LogP contribution in [0.15, 0.2) is 0 Å². The third-order valence-electron chi connectivity index (χ3n) is 0.996. The van der Waals surface area contributed by atoms with Crippen molar-refractivity contribution in [2.24, 2.45) is 0 Å². The quantitative estimate of drug-likeness (QED) is 0.267. The Morgan fingerprint density at radius 3 is 2.15 bits per heavy atom. The standard InChI is InChI=1S/C4H3BO8/c6-1(7)2(8)11-5-12-3(9)4(10)13-5/h1,6-7H. The lowest BCUT2D eigenvalue weighted by Crippen LogP contribution is -2.31. The van der Waals surface area contributed by atoms with Crippen molar-refractivity contribution in [2.75, 3.05) is 0 Å². The summed E-state index contributed by atoms with van der Waals surface area (Å²) >= 11 is 0. The topological polar surface area (TPSA) is 119 Å². The van der Waals surface area contributed by atoms with Gasteiger partial charge in [0, 0.05) is 0 Å². The number of rotatable bonds is 2. The Morgan fingerprint density at radius 2 is 1.77 bits per heavy atom. The lowest BCUT2D eigenvalue weighted by atomic mass is 10.2. The van der Waals surface area contributed by atoms with Crippen LogP contribution in [0.25, 0.3) is 0 Å². The largest absolute Gasteiger partial charge is 0.870 e. The summed E-state index contributed by atoms with van der Waals surface area (Å²) < 4.78 is 12.0. The molecule has 0 unspecified atom stereocenters. The van der Waals surface area contributed by atoms with E-state index in [0.29, 0.717) is 0 Å². The maximum Gasteiger partial charge on any atom is 0.870 e. The first-order valence-corrected chi connectivity index (χ1v) is 2.99. The van der Waals surface area contributed by atoms with Gasteiger partial charge in [0.05, 0.1) is 0 Å². The molecule has 0 saturated carbocycles. The van der Waals surface area contributed by atoms with Gasteiger partial charge in [-0.15, -0.1) is 0 Å². The second kappa shape index (κ2) is 3.41. The summed E-state index contributed by atoms with van der Waals surface area (Å²) in [5.74, 6) is -4.12. The van der Waals surface area contributed by atoms with Crippen molar-refractivity contribution in [3.05, 3.63) is 0 Å². The summed E-state index contributed by atoms with van der Waals surface area (Å²) in [6.07, 6.45) is -2.38. The van der Waals surface area contributed by atoms with Crippen LogP contribution in [-0.4, -0.2) is 41.7 Å². The zero-order valence-electron chi connectivity index (χ0n) is 6.00. The highest BCUT2D eigenvalue weighted by molar-refractivity contribution is 6.56. The molecule has 13 heavy (non-hydrogen) atoms. The average molecular weight is 190 g/mol. The van der Waals surface area contributed by atoms with Crippen LogP contribution >= 0.6 is 0 Å². The number of carbonyl (C=O) groups is 3. The number of carbonyl (C=O) groups excluding carboxylic acids is 3. The molecular weight excluding hydrogens is 187 g/mol. The first kappa shape index (κ1) is 9.48. The van der Waals surface area contributed by atoms with Crippen molar-refractivity contribution in [1.82, 2.24) is 0 Å². The van der Waals surface area contributed by atoms with Gasteiger partial charge in [-0.3, -0.25) is 0 Å². The highest BCUT2D eigenvalue weighted by Gasteiger charge is 2.47. The maximum atomic E-state index is 10.4. The highest BCUT2D eigenvalue weighted by Crippen LogP contribution is 2.04. The molecule has 0 radical (unpaired) electrons. The number of hydrogen-bond acceptors (Lipinski definition) is 8. The first-order chi connectivity index (χ1) is 6.00. The molecule has 1 heterocycles. The SMILES string of the molecule is O=C1OB(OC(=O)C(O)O)OC1=O. The summed E-state index contributed by atoms with van der Waals surface area (Å²) in [6, 6.07) is 0. The van der Waals surface area contributed by atoms with Crippen molar-refractivity contribution in [2.45, 2.75) is 6.29 Å². The van der Waals surface area contributed by atoms with Crippen LogP contribution in [0.3, 0.4) is 0 Å². The van der Waals surface area contributed by atoms with E-state index >= 15 is 0 Å². The molecule has 0 aromatic rings. The Bertz CT molecular complexity index is 243. The second-order valence-corrected chi connectivity index (χ2v) is 1.91. The normalized spacial score (nSPS) is 15.8. The van der Waals surface area contributed by atoms with Gasteiger partial charge in [0.2, 0.25) is 0 Å². The molecular formula is C4H3BO8. The van der Waals surface area contributed by atoms with Gasteiger partial charge in [0.1, 0.15) is 0 Å². The molecule has 0 spiro atoms. The van der Waals surface area contributed by atoms with Gasteiger partial charge in [-0.25, -0.2) is 14.4 Å². The van der Waals surface area contributed by atoms with Crippen LogP contribution in [0.2, 0.25) is 0 Å². The first-order valence-electron chi connectivity index (χ1n) is 2.99. The molecule has 1 aliphatic heterocycles. The van der Waals surface area contributed by atoms with E-state index in [-0.39, 0.29) is 0 Å². The molecule has 1 aliphatic rings. The van der Waals surface area contributed by atoms with E-state index in [9.17, 15) is 14.4 Å². The molecule has 9 heteroatoms. The van der Waals surface area contributed by atoms with Gasteiger partial charge in [0.25, 0.3) is 6.29 Å². The predicted molar refractivity (Wildman–Crippen MR) is 32.3 cm³/mol. The summed E-state index contributed by atoms with van der Waals surface area (Å²) in [5.41, 5.74) is 0. The average Bonchev–Trinajstić information content (AvgIpc) is 2.31. The van der Waals surface area contributed by atoms with Crippen LogP contribution in [0.4, 0.5) is 0 Å². The number of aliphatic hydroxyl groups excluding tert-OH is 1. The third kappa shape index (κ3) is 2.17. The van der Waals surface area contributed by atoms with E-state index in [1.807, 2.05) is 0 Å². The van der Waals surface area contributed by atoms with Crippen molar-refractivity contribution < 1.29 is 38.6 Å². The van der Waals surface area contributed by atoms with Gasteiger partial charge < -0.3 is 24.2 Å². The van der Waals surface area contributed by atoms with Crippen LogP contribution in [0, 0.1) is 0 Å². The van der Waals surface area contributed by atoms with Crippen molar-refractivity contribution in [3.63, 3.8) is 0 Å². The van der Waals surface area contributed by atoms with E-state index in [4.69, 9.17) is 10.2 Å². The fourth-order valence-electron chi connectivity index (χ4n) is 0.499. The molecule has 0 aliphatic carbocycles. The summed E-state index contributed by atoms with van der Waals surface area (Å²) in [6.45, 7) is 0. The molecule has 0 aromatic heterocycles. The Balaban J connectivity index is 2.45. The van der Waals surface area contributed by atoms with Crippen molar-refractivity contribution in [1.29, 1.82) is 0 Å². The lowest BCUT2D eigenvalue weighted by Gasteiger charge is -2.04. The Hall–Kier alpha value is -1.61. The molecule has 1 saturated heterocycles. The highest BCUT2D eigenvalue weighted by atomic mass is 16.8. The summed E-state index contributed by atoms with van der Waals surface area (Å²) in [4.78, 5) is 31.1. The Morgan fingerprint density at radius 1 is 1.31 bits per heavy atom. The fraction of sp³-hybridized carbons (Fsp3) is 0.250. The smallest absolute Gasteiger partial charge is 0.458 e. The van der Waals surface area contributed by atoms with Crippen molar-refractivity contribution in [3.8, 4) is 0 Å². The van der Waals surface area contributed by atoms with Gasteiger partial charge in [-0.1, -0.05) is 0 Å². The maximum absolute atomic E-state index is 10.4. The van der Waals surface area contributed by atoms with Gasteiger partial charge in [0.15, 0.2) is 0 Å². The second-order valence-electron chi connectivity index (χ2n) is 1.91. The molecule has 2 N–H and O–H groups in total. The molecule has 8 nitrogen and oxygen atoms in total. The molecule has 1 rings (SSSR count). The summed E-state index contributed by atoms with van der Waals surface area (Å²) in [7, 11) is -1.84.